The number of para-hydroxylation sites is 1. The van der Waals surface area contributed by atoms with Crippen LogP contribution in [-0.2, 0) is 6.54 Å². The molecule has 0 saturated carbocycles. The minimum absolute atomic E-state index is 0.226. The van der Waals surface area contributed by atoms with Gasteiger partial charge in [-0.1, -0.05) is 56.9 Å². The van der Waals surface area contributed by atoms with Crippen LogP contribution in [0.5, 0.6) is 5.75 Å². The summed E-state index contributed by atoms with van der Waals surface area (Å²) in [4.78, 5) is 0. The third-order valence-electron chi connectivity index (χ3n) is 3.80. The Kier molecular flexibility index (Phi) is 7.44. The van der Waals surface area contributed by atoms with Crippen LogP contribution in [0.3, 0.4) is 0 Å². The van der Waals surface area contributed by atoms with Crippen LogP contribution in [0, 0.1) is 5.82 Å². The second kappa shape index (κ2) is 9.88. The van der Waals surface area contributed by atoms with E-state index >= 15 is 0 Å². The van der Waals surface area contributed by atoms with E-state index in [0.717, 1.165) is 24.3 Å². The minimum atomic E-state index is -0.226. The SMILES string of the molecule is CCCCCCCOc1ccc(CNc2ccccc2F)cc1. The van der Waals surface area contributed by atoms with E-state index in [9.17, 15) is 4.39 Å². The summed E-state index contributed by atoms with van der Waals surface area (Å²) < 4.78 is 19.3. The van der Waals surface area contributed by atoms with Crippen LogP contribution in [-0.4, -0.2) is 6.61 Å². The Morgan fingerprint density at radius 1 is 0.913 bits per heavy atom. The van der Waals surface area contributed by atoms with Crippen LogP contribution in [0.25, 0.3) is 0 Å². The van der Waals surface area contributed by atoms with Crippen LogP contribution in [0.4, 0.5) is 10.1 Å². The molecule has 2 aromatic carbocycles. The molecule has 2 aromatic rings. The highest BCUT2D eigenvalue weighted by molar-refractivity contribution is 5.45. The maximum atomic E-state index is 13.5. The molecule has 0 aliphatic rings. The average Bonchev–Trinajstić information content (AvgIpc) is 2.58. The highest BCUT2D eigenvalue weighted by Crippen LogP contribution is 2.16. The molecule has 0 aromatic heterocycles. The quantitative estimate of drug-likeness (QED) is 0.560. The maximum Gasteiger partial charge on any atom is 0.146 e. The van der Waals surface area contributed by atoms with Gasteiger partial charge in [-0.3, -0.25) is 0 Å². The summed E-state index contributed by atoms with van der Waals surface area (Å²) in [6.45, 7) is 3.59. The second-order valence-electron chi connectivity index (χ2n) is 5.74. The number of halogens is 1. The molecular formula is C20H26FNO. The van der Waals surface area contributed by atoms with Crippen molar-refractivity contribution in [1.29, 1.82) is 0 Å². The molecule has 0 heterocycles. The summed E-state index contributed by atoms with van der Waals surface area (Å²) in [6.07, 6.45) is 6.21. The Hall–Kier alpha value is -2.03. The zero-order chi connectivity index (χ0) is 16.3. The van der Waals surface area contributed by atoms with Gasteiger partial charge in [0.05, 0.1) is 12.3 Å². The average molecular weight is 315 g/mol. The minimum Gasteiger partial charge on any atom is -0.494 e. The van der Waals surface area contributed by atoms with Crippen molar-refractivity contribution in [1.82, 2.24) is 0 Å². The first kappa shape index (κ1) is 17.3. The van der Waals surface area contributed by atoms with E-state index in [1.54, 1.807) is 12.1 Å². The van der Waals surface area contributed by atoms with E-state index in [-0.39, 0.29) is 5.82 Å². The summed E-state index contributed by atoms with van der Waals surface area (Å²) in [5.41, 5.74) is 1.63. The van der Waals surface area contributed by atoms with Gasteiger partial charge in [-0.2, -0.15) is 0 Å². The highest BCUT2D eigenvalue weighted by atomic mass is 19.1. The number of hydrogen-bond acceptors (Lipinski definition) is 2. The topological polar surface area (TPSA) is 21.3 Å². The fraction of sp³-hybridized carbons (Fsp3) is 0.400. The van der Waals surface area contributed by atoms with Gasteiger partial charge in [-0.25, -0.2) is 4.39 Å². The van der Waals surface area contributed by atoms with Crippen molar-refractivity contribution in [2.45, 2.75) is 45.6 Å². The molecule has 3 heteroatoms. The summed E-state index contributed by atoms with van der Waals surface area (Å²) in [5.74, 6) is 0.672. The number of hydrogen-bond donors (Lipinski definition) is 1. The van der Waals surface area contributed by atoms with Crippen LogP contribution in [0.15, 0.2) is 48.5 Å². The van der Waals surface area contributed by atoms with Crippen molar-refractivity contribution >= 4 is 5.69 Å². The number of rotatable bonds is 10. The molecule has 124 valence electrons. The molecule has 0 radical (unpaired) electrons. The van der Waals surface area contributed by atoms with Crippen molar-refractivity contribution in [3.63, 3.8) is 0 Å². The van der Waals surface area contributed by atoms with E-state index in [1.807, 2.05) is 30.3 Å². The fourth-order valence-corrected chi connectivity index (χ4v) is 2.40. The van der Waals surface area contributed by atoms with Crippen molar-refractivity contribution in [2.75, 3.05) is 11.9 Å². The fourth-order valence-electron chi connectivity index (χ4n) is 2.40. The van der Waals surface area contributed by atoms with Crippen molar-refractivity contribution in [2.24, 2.45) is 0 Å². The zero-order valence-corrected chi connectivity index (χ0v) is 13.9. The molecular weight excluding hydrogens is 289 g/mol. The summed E-state index contributed by atoms with van der Waals surface area (Å²) in [6, 6.07) is 14.7. The third-order valence-corrected chi connectivity index (χ3v) is 3.80. The number of unbranched alkanes of at least 4 members (excludes halogenated alkanes) is 4. The highest BCUT2D eigenvalue weighted by Gasteiger charge is 2.00. The summed E-state index contributed by atoms with van der Waals surface area (Å²) >= 11 is 0. The monoisotopic (exact) mass is 315 g/mol. The van der Waals surface area contributed by atoms with Crippen LogP contribution in [0.1, 0.15) is 44.6 Å². The normalized spacial score (nSPS) is 10.5. The molecule has 0 saturated heterocycles. The summed E-state index contributed by atoms with van der Waals surface area (Å²) in [7, 11) is 0. The first-order valence-corrected chi connectivity index (χ1v) is 8.49. The Bertz CT molecular complexity index is 568. The van der Waals surface area contributed by atoms with Crippen molar-refractivity contribution < 1.29 is 9.13 Å². The molecule has 0 bridgehead atoms. The van der Waals surface area contributed by atoms with Crippen molar-refractivity contribution in [3.05, 3.63) is 59.9 Å². The van der Waals surface area contributed by atoms with Gasteiger partial charge in [-0.05, 0) is 36.2 Å². The molecule has 0 amide bonds. The van der Waals surface area contributed by atoms with Gasteiger partial charge in [0.2, 0.25) is 0 Å². The Balaban J connectivity index is 1.71. The summed E-state index contributed by atoms with van der Waals surface area (Å²) in [5, 5.41) is 3.10. The number of benzene rings is 2. The molecule has 23 heavy (non-hydrogen) atoms. The first-order chi connectivity index (χ1) is 11.3. The number of ether oxygens (including phenoxy) is 1. The molecule has 0 unspecified atom stereocenters. The second-order valence-corrected chi connectivity index (χ2v) is 5.74. The largest absolute Gasteiger partial charge is 0.494 e. The Morgan fingerprint density at radius 3 is 2.39 bits per heavy atom. The predicted octanol–water partition coefficient (Wildman–Crippen LogP) is 5.79. The molecule has 0 aliphatic carbocycles. The van der Waals surface area contributed by atoms with E-state index in [1.165, 1.54) is 31.7 Å². The van der Waals surface area contributed by atoms with E-state index in [2.05, 4.69) is 12.2 Å². The molecule has 0 atom stereocenters. The Labute approximate surface area is 138 Å². The first-order valence-electron chi connectivity index (χ1n) is 8.49. The van der Waals surface area contributed by atoms with Gasteiger partial charge in [-0.15, -0.1) is 0 Å². The lowest BCUT2D eigenvalue weighted by Gasteiger charge is -2.09. The lowest BCUT2D eigenvalue weighted by atomic mass is 10.2. The standard InChI is InChI=1S/C20H26FNO/c1-2-3-4-5-8-15-23-18-13-11-17(12-14-18)16-22-20-10-7-6-9-19(20)21/h6-7,9-14,22H,2-5,8,15-16H2,1H3. The molecule has 2 nitrogen and oxygen atoms in total. The van der Waals surface area contributed by atoms with Gasteiger partial charge in [0, 0.05) is 6.54 Å². The van der Waals surface area contributed by atoms with Gasteiger partial charge >= 0.3 is 0 Å². The van der Waals surface area contributed by atoms with Crippen LogP contribution < -0.4 is 10.1 Å². The van der Waals surface area contributed by atoms with Crippen LogP contribution >= 0.6 is 0 Å². The molecule has 0 aliphatic heterocycles. The smallest absolute Gasteiger partial charge is 0.146 e. The Morgan fingerprint density at radius 2 is 1.65 bits per heavy atom. The lowest BCUT2D eigenvalue weighted by molar-refractivity contribution is 0.304. The van der Waals surface area contributed by atoms with Crippen LogP contribution in [0.2, 0.25) is 0 Å². The van der Waals surface area contributed by atoms with Crippen molar-refractivity contribution in [3.8, 4) is 5.75 Å². The molecule has 2 rings (SSSR count). The van der Waals surface area contributed by atoms with E-state index in [4.69, 9.17) is 4.74 Å². The van der Waals surface area contributed by atoms with Gasteiger partial charge < -0.3 is 10.1 Å². The van der Waals surface area contributed by atoms with Gasteiger partial charge in [0.15, 0.2) is 0 Å². The van der Waals surface area contributed by atoms with E-state index in [0.29, 0.717) is 12.2 Å². The third kappa shape index (κ3) is 6.31. The molecule has 1 N–H and O–H groups in total. The number of nitrogens with one attached hydrogen (secondary N) is 1. The zero-order valence-electron chi connectivity index (χ0n) is 13.9. The number of anilines is 1. The predicted molar refractivity (Wildman–Crippen MR) is 94.4 cm³/mol. The lowest BCUT2D eigenvalue weighted by Crippen LogP contribution is -2.01. The van der Waals surface area contributed by atoms with Gasteiger partial charge in [0.1, 0.15) is 11.6 Å². The maximum absolute atomic E-state index is 13.5. The molecule has 0 spiro atoms. The van der Waals surface area contributed by atoms with Gasteiger partial charge in [0.25, 0.3) is 0 Å². The van der Waals surface area contributed by atoms with E-state index < -0.39 is 0 Å². The molecule has 0 fully saturated rings.